The minimum absolute atomic E-state index is 0.0740. The molecule has 8 saturated heterocycles. The van der Waals surface area contributed by atoms with Gasteiger partial charge in [0.1, 0.15) is 9.66 Å². The monoisotopic (exact) mass is 1310 g/mol. The van der Waals surface area contributed by atoms with Crippen LogP contribution < -0.4 is 5.32 Å². The van der Waals surface area contributed by atoms with Crippen molar-refractivity contribution in [2.45, 2.75) is 167 Å². The van der Waals surface area contributed by atoms with Crippen molar-refractivity contribution in [2.24, 2.45) is 0 Å². The molecule has 2 aromatic carbocycles. The fourth-order valence-corrected chi connectivity index (χ4v) is 22.0. The molecule has 0 aliphatic carbocycles. The van der Waals surface area contributed by atoms with Crippen molar-refractivity contribution >= 4 is 97.8 Å². The Balaban J connectivity index is 0.000000148. The van der Waals surface area contributed by atoms with E-state index in [0.29, 0.717) is 65.8 Å². The molecule has 3 N–H and O–H groups in total. The first-order valence-corrected chi connectivity index (χ1v) is 38.2. The zero-order valence-electron chi connectivity index (χ0n) is 53.1. The number of H-pyrrole nitrogens is 2. The van der Waals surface area contributed by atoms with E-state index in [1.165, 1.54) is 0 Å². The number of Topliss-reactive ketones (excluding diaryl/α,β-unsaturated/α-hetero) is 2. The molecule has 6 aromatic rings. The number of hydrogen-bond donors (Lipinski definition) is 3. The molecule has 12 heterocycles. The number of ketones is 2. The van der Waals surface area contributed by atoms with Crippen LogP contribution in [0, 0.1) is 27.7 Å². The van der Waals surface area contributed by atoms with Crippen molar-refractivity contribution < 1.29 is 36.0 Å². The molecule has 0 spiro atoms. The molecule has 21 heteroatoms. The summed E-state index contributed by atoms with van der Waals surface area (Å²) in [5.41, 5.74) is 8.30. The molecule has 0 radical (unpaired) electrons. The highest BCUT2D eigenvalue weighted by atomic mass is 35.5. The molecule has 4 bridgehead atoms. The maximum absolute atomic E-state index is 14.2. The number of amides is 2. The Kier molecular flexibility index (Phi) is 18.3. The molecule has 89 heavy (non-hydrogen) atoms. The summed E-state index contributed by atoms with van der Waals surface area (Å²) >= 11 is 9.20. The summed E-state index contributed by atoms with van der Waals surface area (Å²) in [4.78, 5) is 76.8. The number of sulfone groups is 2. The highest BCUT2D eigenvalue weighted by molar-refractivity contribution is 7.92. The molecule has 8 aliphatic heterocycles. The van der Waals surface area contributed by atoms with Gasteiger partial charge in [-0.1, -0.05) is 34.4 Å². The molecule has 14 rings (SSSR count). The molecule has 480 valence electrons. The Bertz CT molecular complexity index is 3860. The van der Waals surface area contributed by atoms with Crippen LogP contribution in [0.15, 0.2) is 48.5 Å². The van der Waals surface area contributed by atoms with Crippen LogP contribution in [0.1, 0.15) is 145 Å². The van der Waals surface area contributed by atoms with Crippen molar-refractivity contribution in [2.75, 3.05) is 87.8 Å². The minimum Gasteiger partial charge on any atom is -0.346 e. The molecule has 0 saturated carbocycles. The number of carbonyl (C=O) groups excluding carboxylic acids is 4. The number of rotatable bonds is 13. The quantitative estimate of drug-likeness (QED) is 0.0732. The lowest BCUT2D eigenvalue weighted by atomic mass is 9.88. The molecule has 8 aliphatic rings. The summed E-state index contributed by atoms with van der Waals surface area (Å²) in [5, 5.41) is 5.04. The molecule has 2 atom stereocenters. The zero-order valence-corrected chi connectivity index (χ0v) is 57.1. The first kappa shape index (κ1) is 64.3. The maximum Gasteiger partial charge on any atom is 0.233 e. The second-order valence-electron chi connectivity index (χ2n) is 28.0. The van der Waals surface area contributed by atoms with Crippen LogP contribution in [-0.2, 0) is 40.1 Å². The van der Waals surface area contributed by atoms with Gasteiger partial charge in [-0.15, -0.1) is 34.3 Å². The van der Waals surface area contributed by atoms with Gasteiger partial charge in [-0.25, -0.2) is 16.8 Å². The lowest BCUT2D eigenvalue weighted by Crippen LogP contribution is -2.51. The van der Waals surface area contributed by atoms with E-state index in [0.717, 1.165) is 185 Å². The number of piperazine rings is 2. The van der Waals surface area contributed by atoms with Crippen molar-refractivity contribution in [1.29, 1.82) is 0 Å². The SMILES string of the molecule is Cc1cc(C)cc(-c2[nH]c3sc(C(C)(C)C(=O)N4C5CCC4CC5)cc3c2C(=O)CCl)c1.Cc1cc(C)cc(-c2[nH]c3sc(C(C)(C)C(=O)N4C5CCC4CC5)cc3c2C(=O)CN2CCN(C3CCS(=O)(=O)C3)CC2)c1.O=S1(=O)CCC(N2CCNCC2)C1. The van der Waals surface area contributed by atoms with Gasteiger partial charge in [0.05, 0.1) is 68.8 Å². The van der Waals surface area contributed by atoms with E-state index < -0.39 is 30.5 Å². The third-order valence-corrected chi connectivity index (χ3v) is 27.2. The van der Waals surface area contributed by atoms with Crippen molar-refractivity contribution in [3.63, 3.8) is 0 Å². The van der Waals surface area contributed by atoms with E-state index in [1.807, 2.05) is 33.8 Å². The second-order valence-corrected chi connectivity index (χ2v) is 34.8. The van der Waals surface area contributed by atoms with Gasteiger partial charge < -0.3 is 25.1 Å². The van der Waals surface area contributed by atoms with Gasteiger partial charge in [-0.3, -0.25) is 33.9 Å². The van der Waals surface area contributed by atoms with Gasteiger partial charge in [0.25, 0.3) is 0 Å². The van der Waals surface area contributed by atoms with Crippen LogP contribution in [0.3, 0.4) is 0 Å². The van der Waals surface area contributed by atoms with Crippen LogP contribution in [0.4, 0.5) is 0 Å². The number of alkyl halides is 1. The topological polar surface area (TPSA) is 196 Å². The zero-order chi connectivity index (χ0) is 63.1. The van der Waals surface area contributed by atoms with E-state index in [4.69, 9.17) is 11.6 Å². The van der Waals surface area contributed by atoms with E-state index in [2.05, 4.69) is 110 Å². The Labute approximate surface area is 538 Å². The number of halogens is 1. The number of fused-ring (bicyclic) bond motifs is 6. The molecular formula is C68H89ClN8O8S4. The summed E-state index contributed by atoms with van der Waals surface area (Å²) in [6.07, 6.45) is 10.5. The van der Waals surface area contributed by atoms with E-state index in [9.17, 15) is 36.0 Å². The number of aryl methyl sites for hydroxylation is 4. The fourth-order valence-electron chi connectivity index (χ4n) is 16.0. The summed E-state index contributed by atoms with van der Waals surface area (Å²) in [6, 6.07) is 18.8. The van der Waals surface area contributed by atoms with Crippen LogP contribution >= 0.6 is 34.3 Å². The number of nitrogens with one attached hydrogen (secondary N) is 3. The summed E-state index contributed by atoms with van der Waals surface area (Å²) in [6.45, 7) is 23.7. The van der Waals surface area contributed by atoms with Gasteiger partial charge >= 0.3 is 0 Å². The van der Waals surface area contributed by atoms with Gasteiger partial charge in [0, 0.05) is 109 Å². The Hall–Kier alpha value is -4.77. The molecule has 16 nitrogen and oxygen atoms in total. The van der Waals surface area contributed by atoms with E-state index >= 15 is 0 Å². The molecule has 2 amide bonds. The normalized spacial score (nSPS) is 25.2. The summed E-state index contributed by atoms with van der Waals surface area (Å²) in [7, 11) is -5.63. The second kappa shape index (κ2) is 25.3. The average molecular weight is 1310 g/mol. The van der Waals surface area contributed by atoms with E-state index in [-0.39, 0.29) is 46.8 Å². The van der Waals surface area contributed by atoms with Crippen LogP contribution in [0.25, 0.3) is 42.9 Å². The highest BCUT2D eigenvalue weighted by Gasteiger charge is 2.49. The highest BCUT2D eigenvalue weighted by Crippen LogP contribution is 2.47. The lowest BCUT2D eigenvalue weighted by Gasteiger charge is -2.37. The predicted molar refractivity (Wildman–Crippen MR) is 360 cm³/mol. The standard InChI is InChI=1S/C34H44N4O4S2.C26H29ClN2O2S.C8H16N2O2S/c1-21-15-22(2)17-23(16-21)31-30(28(39)19-36-10-12-37(13-11-36)26-9-14-44(41,42)20-26)27-18-29(43-32(27)35-31)34(3,4)33(40)38-24-5-6-25(38)8-7-24;1-14-9-15(2)11-16(10-14)23-22(20(30)13-27)19-12-21(32-24(19)28-23)26(3,4)25(31)29-17-5-6-18(29)8-7-17;11-13(12)6-1-8(7-13)10-4-2-9-3-5-10/h15-18,24-26,35H,5-14,19-20H2,1-4H3;9-12,17-18,28H,5-8,13H2,1-4H3;8-9H,1-7H2. The Morgan fingerprint density at radius 1 is 0.506 bits per heavy atom. The molecule has 2 unspecified atom stereocenters. The lowest BCUT2D eigenvalue weighted by molar-refractivity contribution is -0.138. The van der Waals surface area contributed by atoms with Gasteiger partial charge in [0.15, 0.2) is 31.2 Å². The van der Waals surface area contributed by atoms with Gasteiger partial charge in [-0.05, 0) is 167 Å². The Morgan fingerprint density at radius 2 is 0.876 bits per heavy atom. The third kappa shape index (κ3) is 13.0. The Morgan fingerprint density at radius 3 is 1.24 bits per heavy atom. The van der Waals surface area contributed by atoms with Crippen molar-refractivity contribution in [1.82, 2.24) is 39.8 Å². The van der Waals surface area contributed by atoms with Crippen molar-refractivity contribution in [3.8, 4) is 22.5 Å². The summed E-state index contributed by atoms with van der Waals surface area (Å²) < 4.78 is 46.5. The van der Waals surface area contributed by atoms with E-state index in [1.54, 1.807) is 22.7 Å². The molecule has 8 fully saturated rings. The third-order valence-electron chi connectivity index (χ3n) is 20.7. The minimum atomic E-state index is -2.92. The maximum atomic E-state index is 14.2. The summed E-state index contributed by atoms with van der Waals surface area (Å²) in [5.74, 6) is 1.64. The number of aromatic amines is 2. The molecular weight excluding hydrogens is 1220 g/mol. The van der Waals surface area contributed by atoms with Gasteiger partial charge in [0.2, 0.25) is 11.8 Å². The number of thiophene rings is 2. The van der Waals surface area contributed by atoms with Gasteiger partial charge in [-0.2, -0.15) is 0 Å². The number of nitrogens with zero attached hydrogens (tertiary/aromatic N) is 5. The van der Waals surface area contributed by atoms with Crippen LogP contribution in [-0.4, -0.2) is 199 Å². The predicted octanol–water partition coefficient (Wildman–Crippen LogP) is 10.4. The number of hydrogen-bond acceptors (Lipinski definition) is 14. The first-order chi connectivity index (χ1) is 42.3. The smallest absolute Gasteiger partial charge is 0.233 e. The largest absolute Gasteiger partial charge is 0.346 e. The first-order valence-electron chi connectivity index (χ1n) is 32.4. The fraction of sp³-hybridized carbons (Fsp3) is 0.588. The van der Waals surface area contributed by atoms with Crippen LogP contribution in [0.2, 0.25) is 0 Å². The number of benzene rings is 2. The van der Waals surface area contributed by atoms with Crippen LogP contribution in [0.5, 0.6) is 0 Å². The number of aromatic nitrogens is 2. The molecule has 4 aromatic heterocycles. The number of carbonyl (C=O) groups is 4. The average Bonchev–Trinajstić information content (AvgIpc) is 1.61. The van der Waals surface area contributed by atoms with Crippen molar-refractivity contribution in [3.05, 3.63) is 91.7 Å².